The molecule has 1 aliphatic rings. The van der Waals surface area contributed by atoms with Gasteiger partial charge in [-0.1, -0.05) is 12.1 Å². The van der Waals surface area contributed by atoms with Crippen LogP contribution in [0.3, 0.4) is 0 Å². The molecule has 1 saturated heterocycles. The van der Waals surface area contributed by atoms with Crippen molar-refractivity contribution in [1.82, 2.24) is 9.97 Å². The van der Waals surface area contributed by atoms with Gasteiger partial charge in [0.1, 0.15) is 5.82 Å². The minimum absolute atomic E-state index is 0.575. The van der Waals surface area contributed by atoms with E-state index in [1.807, 2.05) is 24.3 Å². The number of nitrogens with two attached hydrogens (primary N) is 1. The number of piperazine rings is 1. The van der Waals surface area contributed by atoms with Crippen molar-refractivity contribution in [3.05, 3.63) is 24.3 Å². The van der Waals surface area contributed by atoms with Crippen molar-refractivity contribution in [1.29, 1.82) is 0 Å². The van der Waals surface area contributed by atoms with E-state index < -0.39 is 0 Å². The Morgan fingerprint density at radius 1 is 1.21 bits per heavy atom. The summed E-state index contributed by atoms with van der Waals surface area (Å²) in [4.78, 5) is 13.0. The Hall–Kier alpha value is -1.88. The number of likely N-dealkylation sites (N-methyl/N-ethyl adjacent to an activating group) is 1. The number of nitrogens with zero attached hydrogens (tertiary/aromatic N) is 3. The Balaban J connectivity index is 1.89. The second-order valence-electron chi connectivity index (χ2n) is 5.02. The number of aromatic nitrogens is 2. The number of hydrogen-bond donors (Lipinski definition) is 2. The third-order valence-corrected chi connectivity index (χ3v) is 3.87. The van der Waals surface area contributed by atoms with E-state index in [9.17, 15) is 0 Å². The van der Waals surface area contributed by atoms with Crippen molar-refractivity contribution in [3.63, 3.8) is 0 Å². The van der Waals surface area contributed by atoms with E-state index in [-0.39, 0.29) is 0 Å². The Morgan fingerprint density at radius 2 is 1.95 bits per heavy atom. The number of hydrogen-bond acceptors (Lipinski definition) is 4. The van der Waals surface area contributed by atoms with E-state index in [1.165, 1.54) is 6.54 Å². The number of benzene rings is 1. The lowest BCUT2D eigenvalue weighted by molar-refractivity contribution is -0.898. The molecule has 2 heterocycles. The standard InChI is InChI=1S/C14H19N5/c1-2-18-7-9-19(10-8-18)14-16-12-6-4-3-5-11(12)13(15)17-14/h3-6H,2,7-10H2,1H3,(H2,15,16,17)/p+1. The summed E-state index contributed by atoms with van der Waals surface area (Å²) in [6.07, 6.45) is 0. The van der Waals surface area contributed by atoms with Gasteiger partial charge in [0.15, 0.2) is 0 Å². The van der Waals surface area contributed by atoms with Crippen molar-refractivity contribution < 1.29 is 4.90 Å². The number of quaternary nitrogens is 1. The van der Waals surface area contributed by atoms with Crippen LogP contribution in [0.4, 0.5) is 11.8 Å². The summed E-state index contributed by atoms with van der Waals surface area (Å²) in [7, 11) is 0. The second kappa shape index (κ2) is 5.01. The van der Waals surface area contributed by atoms with Gasteiger partial charge in [-0.3, -0.25) is 0 Å². The number of anilines is 2. The molecule has 0 spiro atoms. The molecule has 0 unspecified atom stereocenters. The first-order chi connectivity index (χ1) is 9.28. The zero-order chi connectivity index (χ0) is 13.2. The lowest BCUT2D eigenvalue weighted by Crippen LogP contribution is -3.14. The summed E-state index contributed by atoms with van der Waals surface area (Å²) >= 11 is 0. The van der Waals surface area contributed by atoms with Gasteiger partial charge in [0.05, 0.1) is 38.2 Å². The first-order valence-corrected chi connectivity index (χ1v) is 6.88. The van der Waals surface area contributed by atoms with Crippen molar-refractivity contribution >= 4 is 22.7 Å². The lowest BCUT2D eigenvalue weighted by atomic mass is 10.2. The first kappa shape index (κ1) is 12.2. The van der Waals surface area contributed by atoms with Gasteiger partial charge in [-0.15, -0.1) is 0 Å². The number of para-hydroxylation sites is 1. The van der Waals surface area contributed by atoms with Gasteiger partial charge < -0.3 is 15.5 Å². The Kier molecular flexibility index (Phi) is 3.21. The summed E-state index contributed by atoms with van der Waals surface area (Å²) in [5.74, 6) is 1.34. The molecule has 0 radical (unpaired) electrons. The summed E-state index contributed by atoms with van der Waals surface area (Å²) in [6.45, 7) is 7.71. The fourth-order valence-electron chi connectivity index (χ4n) is 2.61. The molecular weight excluding hydrogens is 238 g/mol. The largest absolute Gasteiger partial charge is 0.383 e. The average Bonchev–Trinajstić information content (AvgIpc) is 2.47. The molecule has 5 heteroatoms. The molecule has 19 heavy (non-hydrogen) atoms. The molecule has 0 amide bonds. The minimum atomic E-state index is 0.575. The molecule has 0 saturated carbocycles. The Labute approximate surface area is 113 Å². The maximum Gasteiger partial charge on any atom is 0.228 e. The molecular formula is C14H20N5+. The molecule has 1 aliphatic heterocycles. The summed E-state index contributed by atoms with van der Waals surface area (Å²) in [6, 6.07) is 7.90. The van der Waals surface area contributed by atoms with Crippen LogP contribution in [0.2, 0.25) is 0 Å². The van der Waals surface area contributed by atoms with Gasteiger partial charge in [-0.05, 0) is 19.1 Å². The summed E-state index contributed by atoms with van der Waals surface area (Å²) < 4.78 is 0. The van der Waals surface area contributed by atoms with E-state index >= 15 is 0 Å². The quantitative estimate of drug-likeness (QED) is 0.792. The van der Waals surface area contributed by atoms with Crippen LogP contribution >= 0.6 is 0 Å². The third-order valence-electron chi connectivity index (χ3n) is 3.87. The number of nitrogen functional groups attached to an aromatic ring is 1. The van der Waals surface area contributed by atoms with E-state index in [0.29, 0.717) is 5.82 Å². The van der Waals surface area contributed by atoms with Crippen LogP contribution in [0, 0.1) is 0 Å². The summed E-state index contributed by atoms with van der Waals surface area (Å²) in [5.41, 5.74) is 6.96. The number of nitrogens with one attached hydrogen (secondary N) is 1. The highest BCUT2D eigenvalue weighted by atomic mass is 15.3. The van der Waals surface area contributed by atoms with Crippen molar-refractivity contribution in [2.45, 2.75) is 6.92 Å². The van der Waals surface area contributed by atoms with Gasteiger partial charge in [0, 0.05) is 5.39 Å². The predicted molar refractivity (Wildman–Crippen MR) is 77.4 cm³/mol. The van der Waals surface area contributed by atoms with Crippen molar-refractivity contribution in [2.75, 3.05) is 43.4 Å². The molecule has 1 fully saturated rings. The molecule has 0 aliphatic carbocycles. The van der Waals surface area contributed by atoms with Crippen LogP contribution in [0.5, 0.6) is 0 Å². The van der Waals surface area contributed by atoms with E-state index in [2.05, 4.69) is 21.8 Å². The van der Waals surface area contributed by atoms with Crippen LogP contribution in [0.25, 0.3) is 10.9 Å². The topological polar surface area (TPSA) is 59.5 Å². The van der Waals surface area contributed by atoms with Crippen LogP contribution in [0.1, 0.15) is 6.92 Å². The number of fused-ring (bicyclic) bond motifs is 1. The normalized spacial score (nSPS) is 17.0. The van der Waals surface area contributed by atoms with Crippen molar-refractivity contribution in [2.24, 2.45) is 0 Å². The smallest absolute Gasteiger partial charge is 0.228 e. The Morgan fingerprint density at radius 3 is 2.68 bits per heavy atom. The lowest BCUT2D eigenvalue weighted by Gasteiger charge is -2.31. The second-order valence-corrected chi connectivity index (χ2v) is 5.02. The van der Waals surface area contributed by atoms with Crippen LogP contribution in [-0.2, 0) is 0 Å². The average molecular weight is 258 g/mol. The molecule has 3 rings (SSSR count). The fraction of sp³-hybridized carbons (Fsp3) is 0.429. The third kappa shape index (κ3) is 2.33. The number of rotatable bonds is 2. The molecule has 1 aromatic heterocycles. The maximum atomic E-state index is 6.03. The SMILES string of the molecule is CC[NH+]1CCN(c2nc(N)c3ccccc3n2)CC1. The molecule has 0 atom stereocenters. The van der Waals surface area contributed by atoms with E-state index in [0.717, 1.165) is 43.0 Å². The highest BCUT2D eigenvalue weighted by Crippen LogP contribution is 2.20. The zero-order valence-corrected chi connectivity index (χ0v) is 11.3. The molecule has 100 valence electrons. The van der Waals surface area contributed by atoms with Gasteiger partial charge in [0.2, 0.25) is 5.95 Å². The van der Waals surface area contributed by atoms with Gasteiger partial charge in [-0.2, -0.15) is 4.98 Å². The van der Waals surface area contributed by atoms with E-state index in [1.54, 1.807) is 4.90 Å². The van der Waals surface area contributed by atoms with Crippen molar-refractivity contribution in [3.8, 4) is 0 Å². The highest BCUT2D eigenvalue weighted by molar-refractivity contribution is 5.88. The fourth-order valence-corrected chi connectivity index (χ4v) is 2.61. The molecule has 2 aromatic rings. The predicted octanol–water partition coefficient (Wildman–Crippen LogP) is -0.0632. The Bertz CT molecular complexity index is 575. The summed E-state index contributed by atoms with van der Waals surface area (Å²) in [5, 5.41) is 0.934. The molecule has 3 N–H and O–H groups in total. The van der Waals surface area contributed by atoms with E-state index in [4.69, 9.17) is 5.73 Å². The van der Waals surface area contributed by atoms with Crippen LogP contribution in [0.15, 0.2) is 24.3 Å². The van der Waals surface area contributed by atoms with Gasteiger partial charge in [0.25, 0.3) is 0 Å². The van der Waals surface area contributed by atoms with Gasteiger partial charge in [-0.25, -0.2) is 4.98 Å². The zero-order valence-electron chi connectivity index (χ0n) is 11.3. The van der Waals surface area contributed by atoms with Gasteiger partial charge >= 0.3 is 0 Å². The minimum Gasteiger partial charge on any atom is -0.383 e. The first-order valence-electron chi connectivity index (χ1n) is 6.88. The molecule has 0 bridgehead atoms. The molecule has 1 aromatic carbocycles. The molecule has 5 nitrogen and oxygen atoms in total. The highest BCUT2D eigenvalue weighted by Gasteiger charge is 2.21. The monoisotopic (exact) mass is 258 g/mol. The van der Waals surface area contributed by atoms with Crippen LogP contribution < -0.4 is 15.5 Å². The maximum absolute atomic E-state index is 6.03. The van der Waals surface area contributed by atoms with Crippen LogP contribution in [-0.4, -0.2) is 42.7 Å².